The maximum absolute atomic E-state index is 11.7. The van der Waals surface area contributed by atoms with Crippen molar-refractivity contribution in [2.45, 2.75) is 34.1 Å². The standard InChI is InChI=1S/C20H26O2/c1-6-8-9-17(7-2)14-22-20-12-18(10-15(3)4)11-19(13-20)16(5)21/h6-9,11-13,15H,2,10,14H2,1,3-5H3/b8-6-,17-9+. The van der Waals surface area contributed by atoms with Crippen LogP contribution in [0.4, 0.5) is 0 Å². The Balaban J connectivity index is 2.95. The number of ether oxygens (including phenoxy) is 1. The number of Topliss-reactive ketones (excluding diaryl/α,β-unsaturated/α-hetero) is 1. The summed E-state index contributed by atoms with van der Waals surface area (Å²) in [6.45, 7) is 12.1. The highest BCUT2D eigenvalue weighted by Crippen LogP contribution is 2.21. The lowest BCUT2D eigenvalue weighted by atomic mass is 9.99. The van der Waals surface area contributed by atoms with Gasteiger partial charge in [-0.15, -0.1) is 0 Å². The molecule has 2 heteroatoms. The second-order valence-electron chi connectivity index (χ2n) is 5.78. The predicted octanol–water partition coefficient (Wildman–Crippen LogP) is 5.16. The maximum atomic E-state index is 11.7. The molecular weight excluding hydrogens is 272 g/mol. The zero-order chi connectivity index (χ0) is 16.5. The van der Waals surface area contributed by atoms with Crippen LogP contribution in [-0.4, -0.2) is 12.4 Å². The molecule has 0 fully saturated rings. The van der Waals surface area contributed by atoms with Gasteiger partial charge in [0.15, 0.2) is 5.78 Å². The van der Waals surface area contributed by atoms with Gasteiger partial charge >= 0.3 is 0 Å². The van der Waals surface area contributed by atoms with Gasteiger partial charge in [0.1, 0.15) is 12.4 Å². The predicted molar refractivity (Wildman–Crippen MR) is 93.6 cm³/mol. The van der Waals surface area contributed by atoms with Gasteiger partial charge in [0.25, 0.3) is 0 Å². The Bertz CT molecular complexity index is 577. The van der Waals surface area contributed by atoms with E-state index in [2.05, 4.69) is 20.4 Å². The van der Waals surface area contributed by atoms with Crippen molar-refractivity contribution in [1.29, 1.82) is 0 Å². The van der Waals surface area contributed by atoms with Crippen molar-refractivity contribution in [2.75, 3.05) is 6.61 Å². The van der Waals surface area contributed by atoms with Crippen molar-refractivity contribution in [3.05, 3.63) is 65.8 Å². The number of benzene rings is 1. The Morgan fingerprint density at radius 3 is 2.59 bits per heavy atom. The van der Waals surface area contributed by atoms with Crippen molar-refractivity contribution < 1.29 is 9.53 Å². The Kier molecular flexibility index (Phi) is 7.38. The molecule has 0 aliphatic heterocycles. The fourth-order valence-corrected chi connectivity index (χ4v) is 2.10. The molecule has 0 aliphatic rings. The van der Waals surface area contributed by atoms with E-state index in [1.165, 1.54) is 0 Å². The Labute approximate surface area is 134 Å². The SMILES string of the molecule is C=C/C(=C\C=C/C)COc1cc(CC(C)C)cc(C(C)=O)c1. The van der Waals surface area contributed by atoms with E-state index in [1.54, 1.807) is 13.0 Å². The number of carbonyl (C=O) groups excluding carboxylic acids is 1. The van der Waals surface area contributed by atoms with E-state index in [9.17, 15) is 4.79 Å². The van der Waals surface area contributed by atoms with E-state index in [1.807, 2.05) is 43.4 Å². The zero-order valence-corrected chi connectivity index (χ0v) is 14.1. The smallest absolute Gasteiger partial charge is 0.159 e. The Morgan fingerprint density at radius 2 is 2.05 bits per heavy atom. The molecule has 0 heterocycles. The summed E-state index contributed by atoms with van der Waals surface area (Å²) in [6, 6.07) is 5.78. The highest BCUT2D eigenvalue weighted by Gasteiger charge is 2.07. The van der Waals surface area contributed by atoms with Gasteiger partial charge in [0, 0.05) is 5.56 Å². The second-order valence-corrected chi connectivity index (χ2v) is 5.78. The lowest BCUT2D eigenvalue weighted by Gasteiger charge is -2.12. The lowest BCUT2D eigenvalue weighted by molar-refractivity contribution is 0.101. The molecule has 0 N–H and O–H groups in total. The molecule has 0 saturated carbocycles. The van der Waals surface area contributed by atoms with Crippen molar-refractivity contribution in [2.24, 2.45) is 5.92 Å². The highest BCUT2D eigenvalue weighted by atomic mass is 16.5. The molecule has 2 nitrogen and oxygen atoms in total. The van der Waals surface area contributed by atoms with E-state index < -0.39 is 0 Å². The van der Waals surface area contributed by atoms with Gasteiger partial charge < -0.3 is 4.74 Å². The molecule has 0 amide bonds. The van der Waals surface area contributed by atoms with Crippen LogP contribution in [0.2, 0.25) is 0 Å². The van der Waals surface area contributed by atoms with Gasteiger partial charge in [-0.1, -0.05) is 44.7 Å². The highest BCUT2D eigenvalue weighted by molar-refractivity contribution is 5.94. The number of allylic oxidation sites excluding steroid dienone is 3. The quantitative estimate of drug-likeness (QED) is 0.490. The van der Waals surface area contributed by atoms with Crippen LogP contribution >= 0.6 is 0 Å². The van der Waals surface area contributed by atoms with Crippen LogP contribution in [0.25, 0.3) is 0 Å². The van der Waals surface area contributed by atoms with Crippen LogP contribution in [0, 0.1) is 5.92 Å². The molecule has 0 bridgehead atoms. The van der Waals surface area contributed by atoms with Crippen LogP contribution in [0.5, 0.6) is 5.75 Å². The molecule has 0 aromatic heterocycles. The maximum Gasteiger partial charge on any atom is 0.159 e. The molecule has 0 aliphatic carbocycles. The van der Waals surface area contributed by atoms with Crippen molar-refractivity contribution in [3.8, 4) is 5.75 Å². The molecule has 0 unspecified atom stereocenters. The lowest BCUT2D eigenvalue weighted by Crippen LogP contribution is -2.03. The summed E-state index contributed by atoms with van der Waals surface area (Å²) in [5.41, 5.74) is 2.83. The Hall–Kier alpha value is -2.09. The minimum Gasteiger partial charge on any atom is -0.489 e. The monoisotopic (exact) mass is 298 g/mol. The molecule has 0 radical (unpaired) electrons. The van der Waals surface area contributed by atoms with Crippen molar-refractivity contribution in [3.63, 3.8) is 0 Å². The molecule has 1 aromatic rings. The normalized spacial score (nSPS) is 12.0. The topological polar surface area (TPSA) is 26.3 Å². The summed E-state index contributed by atoms with van der Waals surface area (Å²) in [5.74, 6) is 1.33. The van der Waals surface area contributed by atoms with Crippen LogP contribution in [-0.2, 0) is 6.42 Å². The van der Waals surface area contributed by atoms with Gasteiger partial charge in [-0.3, -0.25) is 4.79 Å². The Morgan fingerprint density at radius 1 is 1.32 bits per heavy atom. The molecule has 0 saturated heterocycles. The third-order valence-corrected chi connectivity index (χ3v) is 3.19. The first-order valence-electron chi connectivity index (χ1n) is 7.68. The summed E-state index contributed by atoms with van der Waals surface area (Å²) >= 11 is 0. The first-order valence-corrected chi connectivity index (χ1v) is 7.68. The average Bonchev–Trinajstić information content (AvgIpc) is 2.46. The molecule has 118 valence electrons. The minimum absolute atomic E-state index is 0.0591. The molecular formula is C20H26O2. The van der Waals surface area contributed by atoms with E-state index >= 15 is 0 Å². The molecule has 0 spiro atoms. The van der Waals surface area contributed by atoms with Crippen LogP contribution in [0.1, 0.15) is 43.6 Å². The van der Waals surface area contributed by atoms with Gasteiger partial charge in [-0.2, -0.15) is 0 Å². The largest absolute Gasteiger partial charge is 0.489 e. The van der Waals surface area contributed by atoms with E-state index in [0.29, 0.717) is 18.1 Å². The third-order valence-electron chi connectivity index (χ3n) is 3.19. The third kappa shape index (κ3) is 6.13. The first-order chi connectivity index (χ1) is 10.5. The summed E-state index contributed by atoms with van der Waals surface area (Å²) in [7, 11) is 0. The van der Waals surface area contributed by atoms with Gasteiger partial charge in [-0.05, 0) is 55.5 Å². The molecule has 1 aromatic carbocycles. The second kappa shape index (κ2) is 9.04. The molecule has 1 rings (SSSR count). The zero-order valence-electron chi connectivity index (χ0n) is 14.1. The van der Waals surface area contributed by atoms with Crippen LogP contribution < -0.4 is 4.74 Å². The molecule has 0 atom stereocenters. The van der Waals surface area contributed by atoms with E-state index in [-0.39, 0.29) is 5.78 Å². The number of hydrogen-bond donors (Lipinski definition) is 0. The number of hydrogen-bond acceptors (Lipinski definition) is 2. The average molecular weight is 298 g/mol. The van der Waals surface area contributed by atoms with Gasteiger partial charge in [0.2, 0.25) is 0 Å². The van der Waals surface area contributed by atoms with Crippen molar-refractivity contribution in [1.82, 2.24) is 0 Å². The van der Waals surface area contributed by atoms with Crippen molar-refractivity contribution >= 4 is 5.78 Å². The van der Waals surface area contributed by atoms with Gasteiger partial charge in [-0.25, -0.2) is 0 Å². The first kappa shape index (κ1) is 18.0. The van der Waals surface area contributed by atoms with E-state index in [0.717, 1.165) is 23.3 Å². The fraction of sp³-hybridized carbons (Fsp3) is 0.350. The summed E-state index contributed by atoms with van der Waals surface area (Å²) in [5, 5.41) is 0. The van der Waals surface area contributed by atoms with E-state index in [4.69, 9.17) is 4.74 Å². The number of ketones is 1. The number of carbonyl (C=O) groups is 1. The summed E-state index contributed by atoms with van der Waals surface area (Å²) < 4.78 is 5.84. The van der Waals surface area contributed by atoms with Crippen LogP contribution in [0.3, 0.4) is 0 Å². The summed E-state index contributed by atoms with van der Waals surface area (Å²) in [6.07, 6.45) is 8.60. The van der Waals surface area contributed by atoms with Gasteiger partial charge in [0.05, 0.1) is 0 Å². The van der Waals surface area contributed by atoms with Crippen LogP contribution in [0.15, 0.2) is 54.7 Å². The summed E-state index contributed by atoms with van der Waals surface area (Å²) in [4.78, 5) is 11.7. The fourth-order valence-electron chi connectivity index (χ4n) is 2.10. The number of rotatable bonds is 8. The minimum atomic E-state index is 0.0591. The molecule has 22 heavy (non-hydrogen) atoms.